The Balaban J connectivity index is 2.32. The molecule has 3 rings (SSSR count). The van der Waals surface area contributed by atoms with Crippen LogP contribution >= 0.6 is 0 Å². The average molecular weight is 523 g/mol. The Hall–Kier alpha value is -1.33. The molecule has 0 bridgehead atoms. The second kappa shape index (κ2) is 11.6. The normalized spacial score (nSPS) is 22.4. The molecule has 36 heavy (non-hydrogen) atoms. The second-order valence-electron chi connectivity index (χ2n) is 13.2. The van der Waals surface area contributed by atoms with Gasteiger partial charge in [0.2, 0.25) is 0 Å². The Morgan fingerprint density at radius 1 is 1.08 bits per heavy atom. The number of hydrogen-bond donors (Lipinski definition) is 0. The highest BCUT2D eigenvalue weighted by molar-refractivity contribution is 6.96. The van der Waals surface area contributed by atoms with Crippen molar-refractivity contribution in [3.8, 4) is 5.75 Å². The lowest BCUT2D eigenvalue weighted by molar-refractivity contribution is 0.368. The van der Waals surface area contributed by atoms with E-state index in [4.69, 9.17) is 4.74 Å². The first kappa shape index (κ1) is 29.2. The summed E-state index contributed by atoms with van der Waals surface area (Å²) >= 11 is 0. The van der Waals surface area contributed by atoms with Crippen molar-refractivity contribution in [3.63, 3.8) is 0 Å². The van der Waals surface area contributed by atoms with E-state index in [0.29, 0.717) is 6.61 Å². The zero-order valence-corrected chi connectivity index (χ0v) is 27.0. The van der Waals surface area contributed by atoms with Crippen molar-refractivity contribution in [1.82, 2.24) is 0 Å². The summed E-state index contributed by atoms with van der Waals surface area (Å²) in [5.41, 5.74) is 3.94. The van der Waals surface area contributed by atoms with Gasteiger partial charge in [-0.15, -0.1) is 0 Å². The van der Waals surface area contributed by atoms with Gasteiger partial charge in [0.1, 0.15) is 12.4 Å². The molecule has 0 spiro atoms. The molecule has 2 aliphatic carbocycles. The van der Waals surface area contributed by atoms with Gasteiger partial charge >= 0.3 is 0 Å². The lowest BCUT2D eigenvalue weighted by Gasteiger charge is -2.44. The fourth-order valence-corrected chi connectivity index (χ4v) is 15.2. The third-order valence-electron chi connectivity index (χ3n) is 10.2. The van der Waals surface area contributed by atoms with Gasteiger partial charge in [0.15, 0.2) is 0 Å². The summed E-state index contributed by atoms with van der Waals surface area (Å²) in [4.78, 5) is 0. The molecule has 0 N–H and O–H groups in total. The monoisotopic (exact) mass is 522 g/mol. The highest BCUT2D eigenvalue weighted by Crippen LogP contribution is 2.56. The zero-order valence-electron chi connectivity index (χ0n) is 25.0. The summed E-state index contributed by atoms with van der Waals surface area (Å²) < 4.78 is 6.79. The van der Waals surface area contributed by atoms with E-state index in [1.165, 1.54) is 60.7 Å². The number of rotatable bonds is 11. The van der Waals surface area contributed by atoms with E-state index >= 15 is 0 Å². The smallest absolute Gasteiger partial charge is 0.118 e. The molecule has 1 aromatic carbocycles. The van der Waals surface area contributed by atoms with Gasteiger partial charge in [0, 0.05) is 0 Å². The van der Waals surface area contributed by atoms with Crippen LogP contribution in [0.25, 0.3) is 0 Å². The zero-order chi connectivity index (χ0) is 26.7. The van der Waals surface area contributed by atoms with Crippen molar-refractivity contribution in [2.45, 2.75) is 116 Å². The number of benzene rings is 1. The molecule has 3 heteroatoms. The molecule has 1 fully saturated rings. The van der Waals surface area contributed by atoms with Gasteiger partial charge in [-0.25, -0.2) is 0 Å². The number of ether oxygens (including phenoxy) is 1. The molecule has 2 aliphatic rings. The van der Waals surface area contributed by atoms with Crippen LogP contribution in [-0.2, 0) is 0 Å². The third kappa shape index (κ3) is 5.30. The Labute approximate surface area is 225 Å². The Bertz CT molecular complexity index is 974. The van der Waals surface area contributed by atoms with Gasteiger partial charge in [-0.3, -0.25) is 0 Å². The summed E-state index contributed by atoms with van der Waals surface area (Å²) in [5, 5.41) is 3.41. The van der Waals surface area contributed by atoms with Crippen LogP contribution in [0.3, 0.4) is 0 Å². The Morgan fingerprint density at radius 2 is 1.75 bits per heavy atom. The maximum Gasteiger partial charge on any atom is 0.118 e. The highest BCUT2D eigenvalue weighted by atomic mass is 28.3. The molecular formula is C33H54OSi2. The molecule has 0 saturated heterocycles. The number of fused-ring (bicyclic) bond motifs is 1. The number of aryl methyl sites for hydroxylation is 1. The highest BCUT2D eigenvalue weighted by Gasteiger charge is 2.53. The topological polar surface area (TPSA) is 9.23 Å². The van der Waals surface area contributed by atoms with Gasteiger partial charge in [-0.1, -0.05) is 140 Å². The van der Waals surface area contributed by atoms with Crippen LogP contribution in [0.1, 0.15) is 79.2 Å². The fourth-order valence-electron chi connectivity index (χ4n) is 7.13. The van der Waals surface area contributed by atoms with Crippen LogP contribution in [0.2, 0.25) is 35.8 Å². The SMILES string of the molecule is C=CCOc1c([Si](CC)(CC)C2C3=CC=CCC3CC2CCCC)cc(C)cc1[Si](C)(C)C(C)(C)C. The van der Waals surface area contributed by atoms with Gasteiger partial charge in [-0.2, -0.15) is 0 Å². The van der Waals surface area contributed by atoms with Crippen molar-refractivity contribution in [2.24, 2.45) is 11.8 Å². The first-order chi connectivity index (χ1) is 17.0. The molecular weight excluding hydrogens is 469 g/mol. The van der Waals surface area contributed by atoms with E-state index in [1.807, 2.05) is 6.08 Å². The second-order valence-corrected chi connectivity index (χ2v) is 23.3. The lowest BCUT2D eigenvalue weighted by atomic mass is 9.94. The van der Waals surface area contributed by atoms with E-state index < -0.39 is 16.1 Å². The quantitative estimate of drug-likeness (QED) is 0.208. The van der Waals surface area contributed by atoms with Crippen molar-refractivity contribution in [2.75, 3.05) is 6.61 Å². The summed E-state index contributed by atoms with van der Waals surface area (Å²) in [6.45, 7) is 26.7. The predicted octanol–water partition coefficient (Wildman–Crippen LogP) is 9.05. The van der Waals surface area contributed by atoms with Crippen LogP contribution < -0.4 is 15.1 Å². The summed E-state index contributed by atoms with van der Waals surface area (Å²) in [6.07, 6.45) is 15.9. The molecule has 0 radical (unpaired) electrons. The Kier molecular flexibility index (Phi) is 9.42. The summed E-state index contributed by atoms with van der Waals surface area (Å²) in [5.74, 6) is 2.83. The van der Waals surface area contributed by atoms with Crippen LogP contribution in [0.4, 0.5) is 0 Å². The number of hydrogen-bond acceptors (Lipinski definition) is 1. The van der Waals surface area contributed by atoms with Crippen LogP contribution in [-0.4, -0.2) is 22.8 Å². The molecule has 1 nitrogen and oxygen atoms in total. The standard InChI is InChI=1S/C33H54OSi2/c1-11-15-18-27-24-26-19-16-17-20-28(26)32(27)36(13-3,14-4)30-23-25(5)22-29(31(30)34-21-12-2)35(9,10)33(6,7)8/h12,16-17,20,22-23,26-27,32H,2,11,13-15,18-19,21,24H2,1,3-10H3. The molecule has 3 unspecified atom stereocenters. The summed E-state index contributed by atoms with van der Waals surface area (Å²) in [7, 11) is -3.76. The third-order valence-corrected chi connectivity index (χ3v) is 21.6. The van der Waals surface area contributed by atoms with E-state index in [9.17, 15) is 0 Å². The largest absolute Gasteiger partial charge is 0.490 e. The van der Waals surface area contributed by atoms with Crippen molar-refractivity contribution in [1.29, 1.82) is 0 Å². The van der Waals surface area contributed by atoms with Crippen molar-refractivity contribution in [3.05, 3.63) is 54.2 Å². The molecule has 0 aromatic heterocycles. The van der Waals surface area contributed by atoms with Crippen molar-refractivity contribution >= 4 is 26.5 Å². The predicted molar refractivity (Wildman–Crippen MR) is 167 cm³/mol. The fraction of sp³-hybridized carbons (Fsp3) is 0.636. The van der Waals surface area contributed by atoms with Gasteiger partial charge < -0.3 is 4.74 Å². The van der Waals surface area contributed by atoms with Crippen LogP contribution in [0.15, 0.2) is 48.6 Å². The first-order valence-electron chi connectivity index (χ1n) is 14.7. The lowest BCUT2D eigenvalue weighted by Crippen LogP contribution is -2.57. The molecule has 0 aliphatic heterocycles. The minimum absolute atomic E-state index is 0.256. The summed E-state index contributed by atoms with van der Waals surface area (Å²) in [6, 6.07) is 7.63. The maximum atomic E-state index is 6.79. The van der Waals surface area contributed by atoms with E-state index in [2.05, 4.69) is 98.5 Å². The molecule has 3 atom stereocenters. The molecule has 0 amide bonds. The minimum atomic E-state index is -1.94. The van der Waals surface area contributed by atoms with Gasteiger partial charge in [0.05, 0.1) is 16.1 Å². The van der Waals surface area contributed by atoms with Crippen LogP contribution in [0, 0.1) is 18.8 Å². The number of allylic oxidation sites excluding steroid dienone is 4. The van der Waals surface area contributed by atoms with E-state index in [0.717, 1.165) is 17.4 Å². The average Bonchev–Trinajstić information content (AvgIpc) is 3.21. The van der Waals surface area contributed by atoms with E-state index in [1.54, 1.807) is 10.8 Å². The van der Waals surface area contributed by atoms with Gasteiger partial charge in [0.25, 0.3) is 0 Å². The van der Waals surface area contributed by atoms with Crippen molar-refractivity contribution < 1.29 is 4.74 Å². The van der Waals surface area contributed by atoms with Gasteiger partial charge in [-0.05, 0) is 52.6 Å². The van der Waals surface area contributed by atoms with Crippen LogP contribution in [0.5, 0.6) is 5.75 Å². The minimum Gasteiger partial charge on any atom is -0.490 e. The molecule has 1 saturated carbocycles. The first-order valence-corrected chi connectivity index (χ1v) is 20.2. The number of unbranched alkanes of at least 4 members (excludes halogenated alkanes) is 1. The van der Waals surface area contributed by atoms with E-state index in [-0.39, 0.29) is 5.04 Å². The molecule has 0 heterocycles. The molecule has 1 aromatic rings. The molecule has 200 valence electrons. The Morgan fingerprint density at radius 3 is 2.33 bits per heavy atom. The maximum absolute atomic E-state index is 6.79.